The lowest BCUT2D eigenvalue weighted by Gasteiger charge is -2.26. The normalized spacial score (nSPS) is 16.2. The number of sulfonamides is 1. The Hall–Kier alpha value is -1.16. The van der Waals surface area contributed by atoms with Crippen LogP contribution in [-0.4, -0.2) is 50.9 Å². The zero-order valence-corrected chi connectivity index (χ0v) is 13.7. The van der Waals surface area contributed by atoms with Crippen LogP contribution in [0.3, 0.4) is 0 Å². The maximum absolute atomic E-state index is 12.2. The first kappa shape index (κ1) is 16.2. The van der Waals surface area contributed by atoms with Crippen molar-refractivity contribution in [3.63, 3.8) is 0 Å². The van der Waals surface area contributed by atoms with E-state index in [0.717, 1.165) is 4.47 Å². The van der Waals surface area contributed by atoms with Gasteiger partial charge in [0.05, 0.1) is 18.2 Å². The molecule has 1 aromatic carbocycles. The Morgan fingerprint density at radius 1 is 1.38 bits per heavy atom. The molecule has 3 N–H and O–H groups in total. The molecule has 0 spiro atoms. The minimum Gasteiger partial charge on any atom is -0.396 e. The van der Waals surface area contributed by atoms with Crippen LogP contribution < -0.4 is 10.0 Å². The summed E-state index contributed by atoms with van der Waals surface area (Å²) in [6.45, 7) is 1.72. The molecule has 21 heavy (non-hydrogen) atoms. The van der Waals surface area contributed by atoms with Gasteiger partial charge in [-0.15, -0.1) is 0 Å². The average Bonchev–Trinajstić information content (AvgIpc) is 2.47. The summed E-state index contributed by atoms with van der Waals surface area (Å²) in [5.41, 5.74) is 0. The van der Waals surface area contributed by atoms with Crippen molar-refractivity contribution >= 4 is 31.9 Å². The number of guanidine groups is 1. The summed E-state index contributed by atoms with van der Waals surface area (Å²) in [6.07, 6.45) is 0.664. The van der Waals surface area contributed by atoms with E-state index in [1.165, 1.54) is 12.1 Å². The van der Waals surface area contributed by atoms with E-state index in [1.54, 1.807) is 12.1 Å². The summed E-state index contributed by atoms with van der Waals surface area (Å²) < 4.78 is 27.6. The summed E-state index contributed by atoms with van der Waals surface area (Å²) in [5.74, 6) is 0.234. The molecule has 1 aromatic rings. The van der Waals surface area contributed by atoms with Crippen LogP contribution in [0.15, 0.2) is 38.6 Å². The number of aliphatic imine (C=N–C) groups is 1. The molecule has 9 heteroatoms. The smallest absolute Gasteiger partial charge is 0.264 e. The molecule has 7 nitrogen and oxygen atoms in total. The molecule has 0 saturated carbocycles. The lowest BCUT2D eigenvalue weighted by Crippen LogP contribution is -2.50. The Labute approximate surface area is 132 Å². The molecular formula is C12H17BrN4O3S. The van der Waals surface area contributed by atoms with Crippen molar-refractivity contribution in [2.45, 2.75) is 11.3 Å². The topological polar surface area (TPSA) is 94.0 Å². The van der Waals surface area contributed by atoms with Crippen molar-refractivity contribution in [1.29, 1.82) is 0 Å². The van der Waals surface area contributed by atoms with Gasteiger partial charge in [0.1, 0.15) is 0 Å². The second-order valence-electron chi connectivity index (χ2n) is 4.51. The Balaban J connectivity index is 1.98. The number of nitrogens with one attached hydrogen (secondary N) is 2. The van der Waals surface area contributed by atoms with E-state index in [0.29, 0.717) is 26.3 Å². The zero-order valence-electron chi connectivity index (χ0n) is 11.3. The lowest BCUT2D eigenvalue weighted by atomic mass is 10.4. The highest BCUT2D eigenvalue weighted by Gasteiger charge is 2.19. The number of nitrogens with zero attached hydrogens (tertiary/aromatic N) is 2. The summed E-state index contributed by atoms with van der Waals surface area (Å²) in [5, 5.41) is 11.7. The molecule has 1 aliphatic rings. The van der Waals surface area contributed by atoms with Crippen molar-refractivity contribution in [2.75, 3.05) is 26.5 Å². The molecule has 0 aromatic heterocycles. The number of aliphatic hydroxyl groups is 1. The first-order chi connectivity index (χ1) is 10.0. The minimum absolute atomic E-state index is 0.128. The quantitative estimate of drug-likeness (QED) is 0.686. The molecule has 2 rings (SSSR count). The minimum atomic E-state index is -3.63. The van der Waals surface area contributed by atoms with Gasteiger partial charge < -0.3 is 10.4 Å². The second kappa shape index (κ2) is 7.21. The molecule has 0 amide bonds. The van der Waals surface area contributed by atoms with E-state index in [9.17, 15) is 8.42 Å². The van der Waals surface area contributed by atoms with Gasteiger partial charge in [0.25, 0.3) is 10.0 Å². The average molecular weight is 377 g/mol. The lowest BCUT2D eigenvalue weighted by molar-refractivity contribution is 0.218. The molecule has 0 bridgehead atoms. The van der Waals surface area contributed by atoms with Crippen molar-refractivity contribution in [3.05, 3.63) is 28.7 Å². The second-order valence-corrected chi connectivity index (χ2v) is 7.11. The van der Waals surface area contributed by atoms with Gasteiger partial charge in [0.15, 0.2) is 0 Å². The molecule has 0 atom stereocenters. The molecular weight excluding hydrogens is 360 g/mol. The van der Waals surface area contributed by atoms with Crippen LogP contribution in [0.1, 0.15) is 6.42 Å². The van der Waals surface area contributed by atoms with E-state index in [4.69, 9.17) is 5.11 Å². The fourth-order valence-electron chi connectivity index (χ4n) is 1.78. The van der Waals surface area contributed by atoms with E-state index in [2.05, 4.69) is 31.0 Å². The van der Waals surface area contributed by atoms with Gasteiger partial charge in [-0.25, -0.2) is 18.1 Å². The summed E-state index contributed by atoms with van der Waals surface area (Å²) >= 11 is 3.26. The van der Waals surface area contributed by atoms with Gasteiger partial charge in [0.2, 0.25) is 5.96 Å². The predicted molar refractivity (Wildman–Crippen MR) is 83.2 cm³/mol. The molecule has 0 fully saturated rings. The Bertz CT molecular complexity index is 603. The maximum Gasteiger partial charge on any atom is 0.264 e. The van der Waals surface area contributed by atoms with E-state index >= 15 is 0 Å². The molecule has 116 valence electrons. The van der Waals surface area contributed by atoms with Gasteiger partial charge in [-0.05, 0) is 30.7 Å². The van der Waals surface area contributed by atoms with E-state index < -0.39 is 10.0 Å². The summed E-state index contributed by atoms with van der Waals surface area (Å²) in [6, 6.07) is 6.37. The Kier molecular flexibility index (Phi) is 5.57. The number of rotatable bonds is 5. The molecule has 0 saturated heterocycles. The zero-order chi connectivity index (χ0) is 15.3. The van der Waals surface area contributed by atoms with Gasteiger partial charge in [-0.3, -0.25) is 4.90 Å². The highest BCUT2D eigenvalue weighted by molar-refractivity contribution is 9.10. The number of benzene rings is 1. The maximum atomic E-state index is 12.2. The van der Waals surface area contributed by atoms with Crippen LogP contribution in [0.2, 0.25) is 0 Å². The molecule has 1 aliphatic heterocycles. The molecule has 1 heterocycles. The highest BCUT2D eigenvalue weighted by Crippen LogP contribution is 2.14. The third-order valence-electron chi connectivity index (χ3n) is 2.89. The van der Waals surface area contributed by atoms with Gasteiger partial charge in [0, 0.05) is 17.6 Å². The van der Waals surface area contributed by atoms with Gasteiger partial charge in [-0.2, -0.15) is 0 Å². The highest BCUT2D eigenvalue weighted by atomic mass is 79.9. The van der Waals surface area contributed by atoms with Crippen molar-refractivity contribution in [1.82, 2.24) is 14.9 Å². The largest absolute Gasteiger partial charge is 0.396 e. The first-order valence-electron chi connectivity index (χ1n) is 6.41. The van der Waals surface area contributed by atoms with E-state index in [1.807, 2.05) is 4.90 Å². The van der Waals surface area contributed by atoms with Crippen LogP contribution in [0.4, 0.5) is 0 Å². The van der Waals surface area contributed by atoms with Crippen molar-refractivity contribution in [3.8, 4) is 0 Å². The van der Waals surface area contributed by atoms with Crippen LogP contribution in [-0.2, 0) is 10.0 Å². The number of hydrogen-bond donors (Lipinski definition) is 3. The van der Waals surface area contributed by atoms with Gasteiger partial charge >= 0.3 is 0 Å². The van der Waals surface area contributed by atoms with Crippen LogP contribution in [0, 0.1) is 0 Å². The monoisotopic (exact) mass is 376 g/mol. The van der Waals surface area contributed by atoms with Crippen LogP contribution in [0.5, 0.6) is 0 Å². The van der Waals surface area contributed by atoms with Crippen molar-refractivity contribution in [2.24, 2.45) is 4.99 Å². The van der Waals surface area contributed by atoms with Crippen molar-refractivity contribution < 1.29 is 13.5 Å². The Morgan fingerprint density at radius 2 is 2.10 bits per heavy atom. The fourth-order valence-corrected chi connectivity index (χ4v) is 3.04. The molecule has 0 aliphatic carbocycles. The summed E-state index contributed by atoms with van der Waals surface area (Å²) in [4.78, 5) is 6.29. The Morgan fingerprint density at radius 3 is 2.67 bits per heavy atom. The number of aliphatic hydroxyl groups excluding tert-OH is 1. The molecule has 0 radical (unpaired) electrons. The van der Waals surface area contributed by atoms with E-state index in [-0.39, 0.29) is 17.5 Å². The molecule has 0 unspecified atom stereocenters. The summed E-state index contributed by atoms with van der Waals surface area (Å²) in [7, 11) is -3.63. The third-order valence-corrected chi connectivity index (χ3v) is 4.77. The first-order valence-corrected chi connectivity index (χ1v) is 8.69. The SMILES string of the molecule is O=S(=O)(NC1=NCN(CCCO)CN1)c1ccc(Br)cc1. The van der Waals surface area contributed by atoms with Gasteiger partial charge in [-0.1, -0.05) is 15.9 Å². The fraction of sp³-hybridized carbons (Fsp3) is 0.417. The van der Waals surface area contributed by atoms with Crippen LogP contribution in [0.25, 0.3) is 0 Å². The third kappa shape index (κ3) is 4.67. The number of hydrogen-bond acceptors (Lipinski definition) is 6. The number of halogens is 1. The van der Waals surface area contributed by atoms with Crippen LogP contribution >= 0.6 is 15.9 Å². The predicted octanol–water partition coefficient (Wildman–Crippen LogP) is 0.286. The standard InChI is InChI=1S/C12H17BrN4O3S/c13-10-2-4-11(5-3-10)21(19,20)16-12-14-8-17(9-15-12)6-1-7-18/h2-5,18H,1,6-9H2,(H2,14,15,16).